The Bertz CT molecular complexity index is 1130. The first-order chi connectivity index (χ1) is 14.5. The molecule has 0 unspecified atom stereocenters. The molecule has 0 saturated heterocycles. The molecule has 0 aliphatic heterocycles. The minimum Gasteiger partial charge on any atom is -0.472 e. The van der Waals surface area contributed by atoms with Crippen molar-refractivity contribution in [3.8, 4) is 28.4 Å². The van der Waals surface area contributed by atoms with Crippen molar-refractivity contribution in [3.05, 3.63) is 79.3 Å². The SMILES string of the molecule is CC(C)(C)Oc1cc(-c2ccnc(Nc3ccccc3)n2)cc(-c2ccncc2)n1. The van der Waals surface area contributed by atoms with Crippen molar-refractivity contribution in [2.24, 2.45) is 0 Å². The van der Waals surface area contributed by atoms with Crippen LogP contribution in [0.25, 0.3) is 22.5 Å². The molecule has 30 heavy (non-hydrogen) atoms. The summed E-state index contributed by atoms with van der Waals surface area (Å²) in [7, 11) is 0. The van der Waals surface area contributed by atoms with Gasteiger partial charge in [0.25, 0.3) is 0 Å². The van der Waals surface area contributed by atoms with E-state index in [0.717, 1.165) is 28.2 Å². The highest BCUT2D eigenvalue weighted by Gasteiger charge is 2.16. The average molecular weight is 397 g/mol. The zero-order valence-corrected chi connectivity index (χ0v) is 17.2. The fraction of sp³-hybridized carbons (Fsp3) is 0.167. The topological polar surface area (TPSA) is 72.8 Å². The van der Waals surface area contributed by atoms with Crippen LogP contribution in [0.15, 0.2) is 79.3 Å². The Balaban J connectivity index is 1.74. The van der Waals surface area contributed by atoms with Crippen LogP contribution in [0.3, 0.4) is 0 Å². The number of benzene rings is 1. The van der Waals surface area contributed by atoms with E-state index in [1.54, 1.807) is 18.6 Å². The third kappa shape index (κ3) is 4.97. The second-order valence-corrected chi connectivity index (χ2v) is 7.79. The van der Waals surface area contributed by atoms with E-state index < -0.39 is 0 Å². The number of pyridine rings is 2. The monoisotopic (exact) mass is 397 g/mol. The maximum atomic E-state index is 6.07. The minimum atomic E-state index is -0.368. The largest absolute Gasteiger partial charge is 0.472 e. The number of anilines is 2. The smallest absolute Gasteiger partial charge is 0.227 e. The summed E-state index contributed by atoms with van der Waals surface area (Å²) in [6, 6.07) is 19.5. The standard InChI is InChI=1S/C24H23N5O/c1-24(2,3)30-22-16-18(15-21(28-22)17-9-12-25-13-10-17)20-11-14-26-23(29-20)27-19-7-5-4-6-8-19/h4-16H,1-3H3,(H,26,27,29). The van der Waals surface area contributed by atoms with Gasteiger partial charge >= 0.3 is 0 Å². The lowest BCUT2D eigenvalue weighted by molar-refractivity contribution is 0.124. The predicted octanol–water partition coefficient (Wildman–Crippen LogP) is 5.52. The Morgan fingerprint density at radius 1 is 0.767 bits per heavy atom. The van der Waals surface area contributed by atoms with Crippen LogP contribution in [-0.4, -0.2) is 25.5 Å². The predicted molar refractivity (Wildman–Crippen MR) is 119 cm³/mol. The highest BCUT2D eigenvalue weighted by molar-refractivity contribution is 5.70. The van der Waals surface area contributed by atoms with Crippen LogP contribution in [0.1, 0.15) is 20.8 Å². The molecule has 150 valence electrons. The summed E-state index contributed by atoms with van der Waals surface area (Å²) in [5.74, 6) is 1.07. The van der Waals surface area contributed by atoms with Crippen molar-refractivity contribution in [1.82, 2.24) is 19.9 Å². The van der Waals surface area contributed by atoms with Gasteiger partial charge in [-0.3, -0.25) is 4.98 Å². The molecule has 0 radical (unpaired) electrons. The van der Waals surface area contributed by atoms with Crippen LogP contribution in [0, 0.1) is 0 Å². The number of rotatable bonds is 5. The van der Waals surface area contributed by atoms with E-state index in [-0.39, 0.29) is 5.60 Å². The Morgan fingerprint density at radius 3 is 2.27 bits per heavy atom. The Morgan fingerprint density at radius 2 is 1.53 bits per heavy atom. The summed E-state index contributed by atoms with van der Waals surface area (Å²) in [6.45, 7) is 6.00. The van der Waals surface area contributed by atoms with Gasteiger partial charge in [0.1, 0.15) is 5.60 Å². The number of nitrogens with zero attached hydrogens (tertiary/aromatic N) is 4. The molecule has 4 rings (SSSR count). The molecule has 6 heteroatoms. The molecule has 3 aromatic heterocycles. The van der Waals surface area contributed by atoms with Crippen LogP contribution < -0.4 is 10.1 Å². The molecule has 0 fully saturated rings. The summed E-state index contributed by atoms with van der Waals surface area (Å²) >= 11 is 0. The van der Waals surface area contributed by atoms with Gasteiger partial charge in [-0.2, -0.15) is 0 Å². The van der Waals surface area contributed by atoms with Gasteiger partial charge < -0.3 is 10.1 Å². The number of hydrogen-bond donors (Lipinski definition) is 1. The molecule has 3 heterocycles. The van der Waals surface area contributed by atoms with Gasteiger partial charge in [-0.15, -0.1) is 0 Å². The molecule has 0 aliphatic rings. The molecule has 1 N–H and O–H groups in total. The van der Waals surface area contributed by atoms with Gasteiger partial charge in [-0.05, 0) is 57.2 Å². The fourth-order valence-corrected chi connectivity index (χ4v) is 2.92. The van der Waals surface area contributed by atoms with Crippen molar-refractivity contribution in [3.63, 3.8) is 0 Å². The first-order valence-electron chi connectivity index (χ1n) is 9.73. The molecular weight excluding hydrogens is 374 g/mol. The van der Waals surface area contributed by atoms with Gasteiger partial charge in [0.05, 0.1) is 11.4 Å². The zero-order chi connectivity index (χ0) is 21.0. The summed E-state index contributed by atoms with van der Waals surface area (Å²) in [4.78, 5) is 17.8. The lowest BCUT2D eigenvalue weighted by atomic mass is 10.1. The zero-order valence-electron chi connectivity index (χ0n) is 17.2. The van der Waals surface area contributed by atoms with Crippen molar-refractivity contribution in [1.29, 1.82) is 0 Å². The third-order valence-electron chi connectivity index (χ3n) is 4.17. The van der Waals surface area contributed by atoms with Crippen LogP contribution >= 0.6 is 0 Å². The molecule has 0 atom stereocenters. The summed E-state index contributed by atoms with van der Waals surface area (Å²) in [6.07, 6.45) is 5.24. The quantitative estimate of drug-likeness (QED) is 0.478. The number of ether oxygens (including phenoxy) is 1. The van der Waals surface area contributed by atoms with E-state index in [2.05, 4.69) is 15.3 Å². The Labute approximate surface area is 176 Å². The number of aromatic nitrogens is 4. The molecule has 0 spiro atoms. The lowest BCUT2D eigenvalue weighted by Gasteiger charge is -2.21. The van der Waals surface area contributed by atoms with Gasteiger partial charge in [0.15, 0.2) is 0 Å². The van der Waals surface area contributed by atoms with Gasteiger partial charge in [-0.1, -0.05) is 18.2 Å². The van der Waals surface area contributed by atoms with Crippen LogP contribution in [0.4, 0.5) is 11.6 Å². The van der Waals surface area contributed by atoms with Crippen molar-refractivity contribution in [2.75, 3.05) is 5.32 Å². The van der Waals surface area contributed by atoms with E-state index in [1.807, 2.05) is 81.4 Å². The molecule has 4 aromatic rings. The Hall–Kier alpha value is -3.80. The second-order valence-electron chi connectivity index (χ2n) is 7.79. The molecular formula is C24H23N5O. The average Bonchev–Trinajstić information content (AvgIpc) is 2.74. The van der Waals surface area contributed by atoms with E-state index >= 15 is 0 Å². The third-order valence-corrected chi connectivity index (χ3v) is 4.17. The maximum Gasteiger partial charge on any atom is 0.227 e. The van der Waals surface area contributed by atoms with Crippen molar-refractivity contribution in [2.45, 2.75) is 26.4 Å². The van der Waals surface area contributed by atoms with Gasteiger partial charge in [-0.25, -0.2) is 15.0 Å². The first kappa shape index (κ1) is 19.5. The highest BCUT2D eigenvalue weighted by atomic mass is 16.5. The lowest BCUT2D eigenvalue weighted by Crippen LogP contribution is -2.23. The molecule has 0 amide bonds. The first-order valence-corrected chi connectivity index (χ1v) is 9.73. The normalized spacial score (nSPS) is 11.2. The Kier molecular flexibility index (Phi) is 5.39. The van der Waals surface area contributed by atoms with Crippen LogP contribution in [0.5, 0.6) is 5.88 Å². The number of nitrogens with one attached hydrogen (secondary N) is 1. The van der Waals surface area contributed by atoms with E-state index in [9.17, 15) is 0 Å². The van der Waals surface area contributed by atoms with Crippen molar-refractivity contribution >= 4 is 11.6 Å². The molecule has 0 aliphatic carbocycles. The maximum absolute atomic E-state index is 6.07. The number of para-hydroxylation sites is 1. The highest BCUT2D eigenvalue weighted by Crippen LogP contribution is 2.29. The van der Waals surface area contributed by atoms with Gasteiger partial charge in [0.2, 0.25) is 11.8 Å². The molecule has 6 nitrogen and oxygen atoms in total. The van der Waals surface area contributed by atoms with Crippen LogP contribution in [-0.2, 0) is 0 Å². The number of hydrogen-bond acceptors (Lipinski definition) is 6. The van der Waals surface area contributed by atoms with E-state index in [4.69, 9.17) is 14.7 Å². The fourth-order valence-electron chi connectivity index (χ4n) is 2.92. The van der Waals surface area contributed by atoms with E-state index in [0.29, 0.717) is 11.8 Å². The summed E-state index contributed by atoms with van der Waals surface area (Å²) in [5.41, 5.74) is 3.99. The molecule has 0 bridgehead atoms. The minimum absolute atomic E-state index is 0.368. The molecule has 0 saturated carbocycles. The summed E-state index contributed by atoms with van der Waals surface area (Å²) in [5, 5.41) is 3.24. The summed E-state index contributed by atoms with van der Waals surface area (Å²) < 4.78 is 6.07. The van der Waals surface area contributed by atoms with Crippen molar-refractivity contribution < 1.29 is 4.74 Å². The molecule has 1 aromatic carbocycles. The second kappa shape index (κ2) is 8.29. The van der Waals surface area contributed by atoms with Crippen LogP contribution in [0.2, 0.25) is 0 Å². The van der Waals surface area contributed by atoms with E-state index in [1.165, 1.54) is 0 Å². The van der Waals surface area contributed by atoms with Gasteiger partial charge in [0, 0.05) is 41.5 Å².